The minimum Gasteiger partial charge on any atom is -0.486 e. The predicted octanol–water partition coefficient (Wildman–Crippen LogP) is 3.84. The van der Waals surface area contributed by atoms with Crippen molar-refractivity contribution in [3.8, 4) is 11.5 Å². The lowest BCUT2D eigenvalue weighted by atomic mass is 10.1. The van der Waals surface area contributed by atoms with Gasteiger partial charge in [-0.05, 0) is 42.0 Å². The Labute approximate surface area is 149 Å². The monoisotopic (exact) mass is 354 g/mol. The van der Waals surface area contributed by atoms with Crippen LogP contribution in [0.4, 0.5) is 5.69 Å². The topological polar surface area (TPSA) is 60.5 Å². The Morgan fingerprint density at radius 2 is 2.04 bits per heavy atom. The summed E-state index contributed by atoms with van der Waals surface area (Å²) in [6, 6.07) is 12.9. The Balaban J connectivity index is 1.55. The number of amides is 1. The first kappa shape index (κ1) is 15.7. The number of anilines is 1. The van der Waals surface area contributed by atoms with Crippen LogP contribution in [0.1, 0.15) is 5.56 Å². The van der Waals surface area contributed by atoms with Gasteiger partial charge < -0.3 is 14.8 Å². The van der Waals surface area contributed by atoms with Gasteiger partial charge in [0.2, 0.25) is 5.91 Å². The summed E-state index contributed by atoms with van der Waals surface area (Å²) in [6.07, 6.45) is 1.91. The SMILES string of the molecule is O=C(Cc1cc(Cl)c2c(c1)OCCO2)Nc1cccc2ncccc12. The summed E-state index contributed by atoms with van der Waals surface area (Å²) in [5.41, 5.74) is 2.34. The Kier molecular flexibility index (Phi) is 4.15. The average molecular weight is 355 g/mol. The van der Waals surface area contributed by atoms with E-state index in [0.717, 1.165) is 22.2 Å². The smallest absolute Gasteiger partial charge is 0.228 e. The molecule has 25 heavy (non-hydrogen) atoms. The quantitative estimate of drug-likeness (QED) is 0.776. The average Bonchev–Trinajstić information content (AvgIpc) is 2.62. The maximum absolute atomic E-state index is 12.5. The summed E-state index contributed by atoms with van der Waals surface area (Å²) in [5.74, 6) is 0.984. The summed E-state index contributed by atoms with van der Waals surface area (Å²) in [7, 11) is 0. The van der Waals surface area contributed by atoms with Crippen LogP contribution in [0.3, 0.4) is 0 Å². The van der Waals surface area contributed by atoms with Gasteiger partial charge in [0.05, 0.1) is 22.6 Å². The van der Waals surface area contributed by atoms with Crippen LogP contribution in [0.2, 0.25) is 5.02 Å². The molecule has 5 nitrogen and oxygen atoms in total. The fourth-order valence-electron chi connectivity index (χ4n) is 2.86. The molecule has 1 aliphatic heterocycles. The van der Waals surface area contributed by atoms with Gasteiger partial charge in [0.15, 0.2) is 11.5 Å². The minimum absolute atomic E-state index is 0.135. The van der Waals surface area contributed by atoms with Gasteiger partial charge in [0.1, 0.15) is 13.2 Å². The number of hydrogen-bond donors (Lipinski definition) is 1. The number of aromatic nitrogens is 1. The van der Waals surface area contributed by atoms with E-state index in [-0.39, 0.29) is 12.3 Å². The third kappa shape index (κ3) is 3.23. The second kappa shape index (κ2) is 6.61. The standard InChI is InChI=1S/C19H15ClN2O3/c20-14-9-12(10-17-19(14)25-8-7-24-17)11-18(23)22-16-5-1-4-15-13(16)3-2-6-21-15/h1-6,9-10H,7-8,11H2,(H,22,23). The first-order valence-electron chi connectivity index (χ1n) is 7.92. The van der Waals surface area contributed by atoms with Gasteiger partial charge in [-0.3, -0.25) is 9.78 Å². The molecule has 0 unspecified atom stereocenters. The van der Waals surface area contributed by atoms with E-state index in [0.29, 0.717) is 29.7 Å². The Morgan fingerprint density at radius 3 is 2.96 bits per heavy atom. The normalized spacial score (nSPS) is 12.8. The second-order valence-electron chi connectivity index (χ2n) is 5.70. The Morgan fingerprint density at radius 1 is 1.16 bits per heavy atom. The van der Waals surface area contributed by atoms with Crippen molar-refractivity contribution in [1.29, 1.82) is 0 Å². The molecule has 4 rings (SSSR count). The van der Waals surface area contributed by atoms with Gasteiger partial charge in [-0.25, -0.2) is 0 Å². The number of benzene rings is 2. The maximum atomic E-state index is 12.5. The molecule has 1 amide bonds. The summed E-state index contributed by atoms with van der Waals surface area (Å²) >= 11 is 6.22. The van der Waals surface area contributed by atoms with Crippen LogP contribution in [0.15, 0.2) is 48.7 Å². The van der Waals surface area contributed by atoms with Gasteiger partial charge in [-0.2, -0.15) is 0 Å². The number of nitrogens with zero attached hydrogens (tertiary/aromatic N) is 1. The molecule has 0 atom stereocenters. The van der Waals surface area contributed by atoms with Crippen LogP contribution in [-0.2, 0) is 11.2 Å². The molecule has 1 aromatic heterocycles. The van der Waals surface area contributed by atoms with Crippen LogP contribution < -0.4 is 14.8 Å². The number of carbonyl (C=O) groups excluding carboxylic acids is 1. The third-order valence-corrected chi connectivity index (χ3v) is 4.22. The molecule has 0 aliphatic carbocycles. The van der Waals surface area contributed by atoms with Crippen LogP contribution in [0.25, 0.3) is 10.9 Å². The molecule has 1 N–H and O–H groups in total. The number of nitrogens with one attached hydrogen (secondary N) is 1. The summed E-state index contributed by atoms with van der Waals surface area (Å²) < 4.78 is 11.0. The molecule has 2 aromatic carbocycles. The van der Waals surface area contributed by atoms with E-state index in [1.807, 2.05) is 30.3 Å². The van der Waals surface area contributed by atoms with E-state index < -0.39 is 0 Å². The van der Waals surface area contributed by atoms with Crippen LogP contribution in [0, 0.1) is 0 Å². The molecule has 0 spiro atoms. The van der Waals surface area contributed by atoms with Crippen LogP contribution >= 0.6 is 11.6 Å². The summed E-state index contributed by atoms with van der Waals surface area (Å²) in [6.45, 7) is 0.948. The highest BCUT2D eigenvalue weighted by molar-refractivity contribution is 6.32. The molecule has 1 aliphatic rings. The van der Waals surface area contributed by atoms with Crippen molar-refractivity contribution in [3.05, 3.63) is 59.2 Å². The largest absolute Gasteiger partial charge is 0.486 e. The molecular formula is C19H15ClN2O3. The molecule has 0 bridgehead atoms. The first-order valence-corrected chi connectivity index (χ1v) is 8.30. The molecular weight excluding hydrogens is 340 g/mol. The fraction of sp³-hybridized carbons (Fsp3) is 0.158. The van der Waals surface area contributed by atoms with Gasteiger partial charge in [-0.1, -0.05) is 17.7 Å². The van der Waals surface area contributed by atoms with E-state index >= 15 is 0 Å². The van der Waals surface area contributed by atoms with E-state index in [9.17, 15) is 4.79 Å². The van der Waals surface area contributed by atoms with Crippen LogP contribution in [-0.4, -0.2) is 24.1 Å². The number of fused-ring (bicyclic) bond motifs is 2. The molecule has 0 radical (unpaired) electrons. The lowest BCUT2D eigenvalue weighted by Crippen LogP contribution is -2.17. The van der Waals surface area contributed by atoms with E-state index in [1.165, 1.54) is 0 Å². The molecule has 2 heterocycles. The highest BCUT2D eigenvalue weighted by atomic mass is 35.5. The number of hydrogen-bond acceptors (Lipinski definition) is 4. The highest BCUT2D eigenvalue weighted by Crippen LogP contribution is 2.38. The molecule has 0 saturated heterocycles. The number of carbonyl (C=O) groups is 1. The van der Waals surface area contributed by atoms with Gasteiger partial charge in [0, 0.05) is 11.6 Å². The zero-order valence-corrected chi connectivity index (χ0v) is 14.0. The van der Waals surface area contributed by atoms with Gasteiger partial charge in [-0.15, -0.1) is 0 Å². The highest BCUT2D eigenvalue weighted by Gasteiger charge is 2.18. The molecule has 0 fully saturated rings. The van der Waals surface area contributed by atoms with E-state index in [2.05, 4.69) is 10.3 Å². The number of pyridine rings is 1. The fourth-order valence-corrected chi connectivity index (χ4v) is 3.15. The van der Waals surface area contributed by atoms with Crippen LogP contribution in [0.5, 0.6) is 11.5 Å². The molecule has 126 valence electrons. The van der Waals surface area contributed by atoms with Crippen molar-refractivity contribution < 1.29 is 14.3 Å². The number of ether oxygens (including phenoxy) is 2. The van der Waals surface area contributed by atoms with Crippen molar-refractivity contribution in [2.24, 2.45) is 0 Å². The van der Waals surface area contributed by atoms with Gasteiger partial charge in [0.25, 0.3) is 0 Å². The minimum atomic E-state index is -0.135. The van der Waals surface area contributed by atoms with Crippen molar-refractivity contribution in [2.75, 3.05) is 18.5 Å². The summed E-state index contributed by atoms with van der Waals surface area (Å²) in [4.78, 5) is 16.8. The lowest BCUT2D eigenvalue weighted by Gasteiger charge is -2.20. The third-order valence-electron chi connectivity index (χ3n) is 3.94. The molecule has 3 aromatic rings. The zero-order chi connectivity index (χ0) is 17.2. The maximum Gasteiger partial charge on any atom is 0.228 e. The van der Waals surface area contributed by atoms with Crippen molar-refractivity contribution in [2.45, 2.75) is 6.42 Å². The predicted molar refractivity (Wildman–Crippen MR) is 96.5 cm³/mol. The Bertz CT molecular complexity index is 953. The Hall–Kier alpha value is -2.79. The van der Waals surface area contributed by atoms with Crippen molar-refractivity contribution in [1.82, 2.24) is 4.98 Å². The van der Waals surface area contributed by atoms with Crippen molar-refractivity contribution >= 4 is 34.1 Å². The molecule has 0 saturated carbocycles. The van der Waals surface area contributed by atoms with E-state index in [1.54, 1.807) is 18.3 Å². The van der Waals surface area contributed by atoms with E-state index in [4.69, 9.17) is 21.1 Å². The second-order valence-corrected chi connectivity index (χ2v) is 6.11. The molecule has 6 heteroatoms. The van der Waals surface area contributed by atoms with Gasteiger partial charge >= 0.3 is 0 Å². The number of halogens is 1. The lowest BCUT2D eigenvalue weighted by molar-refractivity contribution is -0.115. The van der Waals surface area contributed by atoms with Crippen molar-refractivity contribution in [3.63, 3.8) is 0 Å². The zero-order valence-electron chi connectivity index (χ0n) is 13.3. The number of rotatable bonds is 3. The first-order chi connectivity index (χ1) is 12.2. The summed E-state index contributed by atoms with van der Waals surface area (Å²) in [5, 5.41) is 4.29.